The van der Waals surface area contributed by atoms with Gasteiger partial charge in [0.15, 0.2) is 5.78 Å². The summed E-state index contributed by atoms with van der Waals surface area (Å²) >= 11 is 6.09. The Morgan fingerprint density at radius 2 is 1.72 bits per heavy atom. The lowest BCUT2D eigenvalue weighted by Crippen LogP contribution is -2.00. The highest BCUT2D eigenvalue weighted by Crippen LogP contribution is 2.30. The Morgan fingerprint density at radius 1 is 1.00 bits per heavy atom. The minimum absolute atomic E-state index is 0.117. The highest BCUT2D eigenvalue weighted by molar-refractivity contribution is 6.32. The predicted molar refractivity (Wildman–Crippen MR) is 122 cm³/mol. The zero-order valence-electron chi connectivity index (χ0n) is 17.4. The number of carbonyl (C=O) groups is 1. The fourth-order valence-corrected chi connectivity index (χ4v) is 3.14. The quantitative estimate of drug-likeness (QED) is 0.178. The van der Waals surface area contributed by atoms with Crippen molar-refractivity contribution in [2.24, 2.45) is 0 Å². The van der Waals surface area contributed by atoms with E-state index in [2.05, 4.69) is 0 Å². The fourth-order valence-electron chi connectivity index (χ4n) is 2.91. The Kier molecular flexibility index (Phi) is 7.46. The van der Waals surface area contributed by atoms with E-state index in [0.717, 1.165) is 11.1 Å². The molecule has 3 aromatic carbocycles. The molecule has 0 atom stereocenters. The molecule has 7 nitrogen and oxygen atoms in total. The van der Waals surface area contributed by atoms with E-state index in [1.54, 1.807) is 50.6 Å². The molecule has 3 rings (SSSR count). The lowest BCUT2D eigenvalue weighted by molar-refractivity contribution is -0.384. The summed E-state index contributed by atoms with van der Waals surface area (Å²) in [7, 11) is 3.11. The highest BCUT2D eigenvalue weighted by Gasteiger charge is 2.12. The minimum atomic E-state index is -0.526. The molecule has 0 bridgehead atoms. The standard InChI is InChI=1S/C24H20ClNO6/c1-30-20-8-5-17(6-9-20)22(27)10-3-16-4-11-23(31-2)18(13-16)15-32-24-12-7-19(26(28)29)14-21(24)25/h3-14H,15H2,1-2H3/b10-3+. The van der Waals surface area contributed by atoms with Crippen LogP contribution in [-0.4, -0.2) is 24.9 Å². The first-order valence-electron chi connectivity index (χ1n) is 9.51. The molecule has 3 aromatic rings. The molecule has 0 amide bonds. The summed E-state index contributed by atoms with van der Waals surface area (Å²) in [6.07, 6.45) is 3.19. The number of rotatable bonds is 9. The Labute approximate surface area is 190 Å². The Balaban J connectivity index is 1.74. The van der Waals surface area contributed by atoms with E-state index in [-0.39, 0.29) is 23.1 Å². The molecule has 0 aliphatic carbocycles. The molecule has 0 aliphatic rings. The van der Waals surface area contributed by atoms with Crippen molar-refractivity contribution in [2.45, 2.75) is 6.61 Å². The maximum Gasteiger partial charge on any atom is 0.271 e. The third-order valence-corrected chi connectivity index (χ3v) is 4.91. The van der Waals surface area contributed by atoms with Gasteiger partial charge >= 0.3 is 0 Å². The van der Waals surface area contributed by atoms with Gasteiger partial charge in [0.25, 0.3) is 5.69 Å². The van der Waals surface area contributed by atoms with E-state index in [1.165, 1.54) is 24.3 Å². The predicted octanol–water partition coefficient (Wildman–Crippen LogP) is 5.74. The van der Waals surface area contributed by atoms with Gasteiger partial charge in [-0.1, -0.05) is 23.7 Å². The second-order valence-corrected chi connectivity index (χ2v) is 7.07. The molecule has 0 saturated heterocycles. The first kappa shape index (κ1) is 22.8. The van der Waals surface area contributed by atoms with Crippen LogP contribution in [0.25, 0.3) is 6.08 Å². The van der Waals surface area contributed by atoms with E-state index < -0.39 is 4.92 Å². The van der Waals surface area contributed by atoms with Crippen LogP contribution in [0.2, 0.25) is 5.02 Å². The van der Waals surface area contributed by atoms with Gasteiger partial charge in [-0.25, -0.2) is 0 Å². The van der Waals surface area contributed by atoms with Crippen LogP contribution in [0.1, 0.15) is 21.5 Å². The minimum Gasteiger partial charge on any atom is -0.497 e. The van der Waals surface area contributed by atoms with Crippen molar-refractivity contribution >= 4 is 29.1 Å². The molecule has 0 unspecified atom stereocenters. The summed E-state index contributed by atoms with van der Waals surface area (Å²) in [4.78, 5) is 22.7. The number of halogens is 1. The van der Waals surface area contributed by atoms with Crippen LogP contribution >= 0.6 is 11.6 Å². The van der Waals surface area contributed by atoms with Crippen LogP contribution in [0.3, 0.4) is 0 Å². The van der Waals surface area contributed by atoms with Gasteiger partial charge in [-0.15, -0.1) is 0 Å². The normalized spacial score (nSPS) is 10.7. The molecule has 0 saturated carbocycles. The molecular weight excluding hydrogens is 434 g/mol. The first-order valence-corrected chi connectivity index (χ1v) is 9.89. The van der Waals surface area contributed by atoms with E-state index in [4.69, 9.17) is 25.8 Å². The number of hydrogen-bond acceptors (Lipinski definition) is 6. The van der Waals surface area contributed by atoms with Gasteiger partial charge in [-0.3, -0.25) is 14.9 Å². The summed E-state index contributed by atoms with van der Waals surface area (Å²) in [6, 6.07) is 16.3. The van der Waals surface area contributed by atoms with Gasteiger partial charge in [0.05, 0.1) is 24.2 Å². The van der Waals surface area contributed by atoms with Gasteiger partial charge < -0.3 is 14.2 Å². The Bertz CT molecular complexity index is 1160. The number of allylic oxidation sites excluding steroid dienone is 1. The number of non-ortho nitro benzene ring substituents is 1. The van der Waals surface area contributed by atoms with Gasteiger partial charge in [0, 0.05) is 23.3 Å². The second-order valence-electron chi connectivity index (χ2n) is 6.66. The number of benzene rings is 3. The number of methoxy groups -OCH3 is 2. The molecule has 32 heavy (non-hydrogen) atoms. The van der Waals surface area contributed by atoms with Crippen molar-refractivity contribution in [2.75, 3.05) is 14.2 Å². The third kappa shape index (κ3) is 5.65. The number of hydrogen-bond donors (Lipinski definition) is 0. The van der Waals surface area contributed by atoms with Gasteiger partial charge in [0.2, 0.25) is 0 Å². The molecule has 0 aromatic heterocycles. The number of nitrogens with zero attached hydrogens (tertiary/aromatic N) is 1. The van der Waals surface area contributed by atoms with Crippen molar-refractivity contribution < 1.29 is 23.9 Å². The summed E-state index contributed by atoms with van der Waals surface area (Å²) < 4.78 is 16.2. The number of nitro benzene ring substituents is 1. The molecule has 0 spiro atoms. The topological polar surface area (TPSA) is 87.9 Å². The maximum absolute atomic E-state index is 12.4. The average Bonchev–Trinajstić information content (AvgIpc) is 2.81. The maximum atomic E-state index is 12.4. The van der Waals surface area contributed by atoms with E-state index in [0.29, 0.717) is 22.8 Å². The SMILES string of the molecule is COc1ccc(C(=O)/C=C/c2ccc(OC)c(COc3ccc([N+](=O)[O-])cc3Cl)c2)cc1. The first-order chi connectivity index (χ1) is 15.4. The van der Waals surface area contributed by atoms with Crippen LogP contribution in [0.5, 0.6) is 17.2 Å². The summed E-state index contributed by atoms with van der Waals surface area (Å²) in [5.41, 5.74) is 1.93. The Morgan fingerprint density at radius 3 is 2.34 bits per heavy atom. The zero-order chi connectivity index (χ0) is 23.1. The van der Waals surface area contributed by atoms with Crippen LogP contribution in [0, 0.1) is 10.1 Å². The van der Waals surface area contributed by atoms with E-state index in [1.807, 2.05) is 12.1 Å². The summed E-state index contributed by atoms with van der Waals surface area (Å²) in [6.45, 7) is 0.120. The molecule has 0 N–H and O–H groups in total. The number of ether oxygens (including phenoxy) is 3. The van der Waals surface area contributed by atoms with E-state index in [9.17, 15) is 14.9 Å². The molecule has 164 valence electrons. The average molecular weight is 454 g/mol. The van der Waals surface area contributed by atoms with Crippen molar-refractivity contribution in [3.63, 3.8) is 0 Å². The van der Waals surface area contributed by atoms with Gasteiger partial charge in [0.1, 0.15) is 23.9 Å². The van der Waals surface area contributed by atoms with Crippen molar-refractivity contribution in [1.82, 2.24) is 0 Å². The molecule has 0 aliphatic heterocycles. The molecule has 8 heteroatoms. The third-order valence-electron chi connectivity index (χ3n) is 4.62. The summed E-state index contributed by atoms with van der Waals surface area (Å²) in [5, 5.41) is 11.0. The van der Waals surface area contributed by atoms with Crippen LogP contribution in [0.4, 0.5) is 5.69 Å². The van der Waals surface area contributed by atoms with Crippen molar-refractivity contribution in [3.05, 3.63) is 98.6 Å². The fraction of sp³-hybridized carbons (Fsp3) is 0.125. The molecule has 0 heterocycles. The van der Waals surface area contributed by atoms with Gasteiger partial charge in [-0.05, 0) is 54.1 Å². The highest BCUT2D eigenvalue weighted by atomic mass is 35.5. The molecule has 0 fully saturated rings. The largest absolute Gasteiger partial charge is 0.497 e. The zero-order valence-corrected chi connectivity index (χ0v) is 18.2. The summed E-state index contributed by atoms with van der Waals surface area (Å²) in [5.74, 6) is 1.45. The molecule has 0 radical (unpaired) electrons. The van der Waals surface area contributed by atoms with Crippen LogP contribution < -0.4 is 14.2 Å². The van der Waals surface area contributed by atoms with Crippen molar-refractivity contribution in [3.8, 4) is 17.2 Å². The second kappa shape index (κ2) is 10.5. The smallest absolute Gasteiger partial charge is 0.271 e. The van der Waals surface area contributed by atoms with Crippen molar-refractivity contribution in [1.29, 1.82) is 0 Å². The van der Waals surface area contributed by atoms with E-state index >= 15 is 0 Å². The van der Waals surface area contributed by atoms with Crippen LogP contribution in [-0.2, 0) is 6.61 Å². The number of carbonyl (C=O) groups excluding carboxylic acids is 1. The van der Waals surface area contributed by atoms with Crippen LogP contribution in [0.15, 0.2) is 66.7 Å². The molecular formula is C24H20ClNO6. The number of ketones is 1. The Hall–Kier alpha value is -3.84. The number of nitro groups is 1. The lowest BCUT2D eigenvalue weighted by atomic mass is 10.1. The monoisotopic (exact) mass is 453 g/mol. The lowest BCUT2D eigenvalue weighted by Gasteiger charge is -2.12. The van der Waals surface area contributed by atoms with Gasteiger partial charge in [-0.2, -0.15) is 0 Å².